The van der Waals surface area contributed by atoms with Gasteiger partial charge in [0.15, 0.2) is 0 Å². The number of nitrogens with zero attached hydrogens (tertiary/aromatic N) is 2. The maximum absolute atomic E-state index is 14.0. The van der Waals surface area contributed by atoms with Gasteiger partial charge < -0.3 is 9.26 Å². The maximum atomic E-state index is 14.0. The summed E-state index contributed by atoms with van der Waals surface area (Å²) in [7, 11) is 1.33. The Hall–Kier alpha value is -3.98. The van der Waals surface area contributed by atoms with Crippen molar-refractivity contribution >= 4 is 5.97 Å². The van der Waals surface area contributed by atoms with Gasteiger partial charge >= 0.3 is 12.1 Å². The van der Waals surface area contributed by atoms with Gasteiger partial charge in [0.25, 0.3) is 5.89 Å². The molecule has 0 spiro atoms. The second kappa shape index (κ2) is 10.6. The van der Waals surface area contributed by atoms with E-state index < -0.39 is 17.8 Å². The molecule has 4 aromatic rings. The molecule has 0 saturated carbocycles. The number of hydrogen-bond donors (Lipinski definition) is 1. The lowest BCUT2D eigenvalue weighted by Gasteiger charge is -2.18. The number of aromatic nitrogens is 2. The van der Waals surface area contributed by atoms with E-state index in [1.807, 2.05) is 19.1 Å². The van der Waals surface area contributed by atoms with Gasteiger partial charge in [-0.15, -0.1) is 0 Å². The van der Waals surface area contributed by atoms with Crippen molar-refractivity contribution in [3.63, 3.8) is 0 Å². The van der Waals surface area contributed by atoms with Crippen LogP contribution in [0.3, 0.4) is 0 Å². The van der Waals surface area contributed by atoms with Gasteiger partial charge in [-0.25, -0.2) is 0 Å². The maximum Gasteiger partial charge on any atom is 0.417 e. The first-order chi connectivity index (χ1) is 17.6. The molecule has 2 atom stereocenters. The minimum absolute atomic E-state index is 0.0113. The number of carbonyl (C=O) groups is 1. The summed E-state index contributed by atoms with van der Waals surface area (Å²) < 4.78 is 52.0. The normalized spacial score (nSPS) is 13.3. The fourth-order valence-electron chi connectivity index (χ4n) is 4.12. The Bertz CT molecular complexity index is 1400. The molecule has 0 radical (unpaired) electrons. The molecule has 0 amide bonds. The third kappa shape index (κ3) is 5.72. The predicted molar refractivity (Wildman–Crippen MR) is 133 cm³/mol. The van der Waals surface area contributed by atoms with Crippen LogP contribution < -0.4 is 5.32 Å². The van der Waals surface area contributed by atoms with E-state index in [-0.39, 0.29) is 34.9 Å². The first-order valence-electron chi connectivity index (χ1n) is 11.6. The largest absolute Gasteiger partial charge is 0.468 e. The number of hydrogen-bond acceptors (Lipinski definition) is 6. The van der Waals surface area contributed by atoms with Gasteiger partial charge in [-0.2, -0.15) is 18.2 Å². The number of ether oxygens (including phenoxy) is 1. The van der Waals surface area contributed by atoms with E-state index in [9.17, 15) is 18.0 Å². The highest BCUT2D eigenvalue weighted by molar-refractivity contribution is 5.75. The molecule has 37 heavy (non-hydrogen) atoms. The topological polar surface area (TPSA) is 77.2 Å². The average molecular weight is 510 g/mol. The molecular weight excluding hydrogens is 483 g/mol. The molecule has 0 aliphatic carbocycles. The van der Waals surface area contributed by atoms with Gasteiger partial charge in [-0.05, 0) is 55.2 Å². The lowest BCUT2D eigenvalue weighted by atomic mass is 9.94. The van der Waals surface area contributed by atoms with Crippen LogP contribution in [-0.2, 0) is 15.7 Å². The van der Waals surface area contributed by atoms with Crippen molar-refractivity contribution in [2.24, 2.45) is 0 Å². The molecule has 1 heterocycles. The predicted octanol–water partition coefficient (Wildman–Crippen LogP) is 6.61. The summed E-state index contributed by atoms with van der Waals surface area (Å²) >= 11 is 0. The third-order valence-electron chi connectivity index (χ3n) is 6.16. The highest BCUT2D eigenvalue weighted by Gasteiger charge is 2.34. The molecule has 9 heteroatoms. The monoisotopic (exact) mass is 509 g/mol. The van der Waals surface area contributed by atoms with Gasteiger partial charge in [0.1, 0.15) is 6.04 Å². The first kappa shape index (κ1) is 26.1. The first-order valence-corrected chi connectivity index (χ1v) is 11.6. The van der Waals surface area contributed by atoms with Crippen LogP contribution >= 0.6 is 0 Å². The SMILES string of the molecule is COC(=O)[C@H](C)N[C@@H](C)c1ccc(-c2noc(-c3ccc(-c4ccccc4C)c(C(F)(F)F)c3)n2)cc1. The Kier molecular flexibility index (Phi) is 7.45. The Morgan fingerprint density at radius 1 is 0.973 bits per heavy atom. The number of esters is 1. The molecule has 0 aliphatic heterocycles. The van der Waals surface area contributed by atoms with Crippen LogP contribution in [0, 0.1) is 6.92 Å². The fourth-order valence-corrected chi connectivity index (χ4v) is 4.12. The third-order valence-corrected chi connectivity index (χ3v) is 6.16. The number of rotatable bonds is 7. The molecule has 0 bridgehead atoms. The highest BCUT2D eigenvalue weighted by Crippen LogP contribution is 2.40. The van der Waals surface area contributed by atoms with Crippen LogP contribution in [0.2, 0.25) is 0 Å². The average Bonchev–Trinajstić information content (AvgIpc) is 3.38. The van der Waals surface area contributed by atoms with E-state index in [0.29, 0.717) is 11.1 Å². The summed E-state index contributed by atoms with van der Waals surface area (Å²) in [6.07, 6.45) is -4.57. The van der Waals surface area contributed by atoms with Crippen LogP contribution in [0.4, 0.5) is 13.2 Å². The van der Waals surface area contributed by atoms with Gasteiger partial charge in [0, 0.05) is 17.2 Å². The summed E-state index contributed by atoms with van der Waals surface area (Å²) in [6, 6.07) is 17.6. The highest BCUT2D eigenvalue weighted by atomic mass is 19.4. The van der Waals surface area contributed by atoms with Gasteiger partial charge in [0.05, 0.1) is 12.7 Å². The molecule has 0 unspecified atom stereocenters. The van der Waals surface area contributed by atoms with E-state index in [0.717, 1.165) is 17.2 Å². The van der Waals surface area contributed by atoms with Crippen molar-refractivity contribution in [1.82, 2.24) is 15.5 Å². The number of nitrogens with one attached hydrogen (secondary N) is 1. The standard InChI is InChI=1S/C28H26F3N3O3/c1-16-7-5-6-8-22(16)23-14-13-21(15-24(23)28(29,30)31)26-33-25(34-37-26)20-11-9-19(10-12-20)17(2)32-18(3)27(35)36-4/h5-15,17-18,32H,1-4H3/t17-,18-/m0/s1. The molecule has 192 valence electrons. The van der Waals surface area contributed by atoms with E-state index >= 15 is 0 Å². The van der Waals surface area contributed by atoms with Gasteiger partial charge in [0.2, 0.25) is 5.82 Å². The number of methoxy groups -OCH3 is 1. The van der Waals surface area contributed by atoms with Crippen LogP contribution in [0.15, 0.2) is 71.3 Å². The van der Waals surface area contributed by atoms with Crippen LogP contribution in [0.5, 0.6) is 0 Å². The summed E-state index contributed by atoms with van der Waals surface area (Å²) in [5.41, 5.74) is 2.31. The molecule has 0 fully saturated rings. The zero-order valence-electron chi connectivity index (χ0n) is 20.8. The lowest BCUT2D eigenvalue weighted by molar-refractivity contribution is -0.142. The van der Waals surface area contributed by atoms with E-state index in [2.05, 4.69) is 15.5 Å². The Morgan fingerprint density at radius 2 is 1.65 bits per heavy atom. The summed E-state index contributed by atoms with van der Waals surface area (Å²) in [5, 5.41) is 7.12. The quantitative estimate of drug-likeness (QED) is 0.283. The van der Waals surface area contributed by atoms with E-state index in [1.54, 1.807) is 56.3 Å². The zero-order chi connectivity index (χ0) is 26.7. The number of aryl methyl sites for hydroxylation is 1. The smallest absolute Gasteiger partial charge is 0.417 e. The van der Waals surface area contributed by atoms with Crippen LogP contribution in [-0.4, -0.2) is 29.3 Å². The van der Waals surface area contributed by atoms with E-state index in [1.165, 1.54) is 13.2 Å². The zero-order valence-corrected chi connectivity index (χ0v) is 20.8. The molecule has 0 aliphatic rings. The minimum Gasteiger partial charge on any atom is -0.468 e. The number of halogens is 3. The molecule has 1 aromatic heterocycles. The second-order valence-corrected chi connectivity index (χ2v) is 8.75. The fraction of sp³-hybridized carbons (Fsp3) is 0.250. The number of carbonyl (C=O) groups excluding carboxylic acids is 1. The number of benzene rings is 3. The van der Waals surface area contributed by atoms with Crippen LogP contribution in [0.1, 0.15) is 36.6 Å². The van der Waals surface area contributed by atoms with Gasteiger partial charge in [-0.3, -0.25) is 10.1 Å². The van der Waals surface area contributed by atoms with Crippen molar-refractivity contribution in [1.29, 1.82) is 0 Å². The molecular formula is C28H26F3N3O3. The molecule has 6 nitrogen and oxygen atoms in total. The minimum atomic E-state index is -4.57. The van der Waals surface area contributed by atoms with Crippen molar-refractivity contribution in [2.75, 3.05) is 7.11 Å². The Labute approximate surface area is 212 Å². The molecule has 0 saturated heterocycles. The van der Waals surface area contributed by atoms with Crippen molar-refractivity contribution < 1.29 is 27.2 Å². The summed E-state index contributed by atoms with van der Waals surface area (Å²) in [6.45, 7) is 5.41. The summed E-state index contributed by atoms with van der Waals surface area (Å²) in [5.74, 6) is -0.118. The van der Waals surface area contributed by atoms with Crippen molar-refractivity contribution in [2.45, 2.75) is 39.0 Å². The molecule has 1 N–H and O–H groups in total. The van der Waals surface area contributed by atoms with E-state index in [4.69, 9.17) is 9.26 Å². The van der Waals surface area contributed by atoms with Gasteiger partial charge in [-0.1, -0.05) is 59.8 Å². The van der Waals surface area contributed by atoms with Crippen molar-refractivity contribution in [3.8, 4) is 34.0 Å². The Balaban J connectivity index is 1.59. The molecule has 4 rings (SSSR count). The molecule has 3 aromatic carbocycles. The second-order valence-electron chi connectivity index (χ2n) is 8.75. The number of alkyl halides is 3. The Morgan fingerprint density at radius 3 is 2.30 bits per heavy atom. The lowest BCUT2D eigenvalue weighted by Crippen LogP contribution is -2.36. The van der Waals surface area contributed by atoms with Crippen molar-refractivity contribution in [3.05, 3.63) is 83.4 Å². The summed E-state index contributed by atoms with van der Waals surface area (Å²) in [4.78, 5) is 16.0. The van der Waals surface area contributed by atoms with Crippen LogP contribution in [0.25, 0.3) is 34.0 Å².